The molecule has 0 radical (unpaired) electrons. The van der Waals surface area contributed by atoms with Crippen LogP contribution in [0.25, 0.3) is 27.4 Å². The second kappa shape index (κ2) is 10.9. The molecule has 1 aliphatic rings. The Morgan fingerprint density at radius 3 is 2.49 bits per heavy atom. The molecule has 3 aromatic carbocycles. The lowest BCUT2D eigenvalue weighted by atomic mass is 10.0. The lowest BCUT2D eigenvalue weighted by molar-refractivity contribution is -0.668. The number of nitrogens with zero attached hydrogens (tertiary/aromatic N) is 2. The number of halogens is 1. The number of hydrogen-bond donors (Lipinski definition) is 1. The fourth-order valence-corrected chi connectivity index (χ4v) is 6.53. The van der Waals surface area contributed by atoms with E-state index in [0.717, 1.165) is 21.3 Å². The third-order valence-corrected chi connectivity index (χ3v) is 8.96. The summed E-state index contributed by atoms with van der Waals surface area (Å²) in [6, 6.07) is 20.6. The normalized spacial score (nSPS) is 14.6. The van der Waals surface area contributed by atoms with Gasteiger partial charge in [-0.15, -0.1) is 0 Å². The second-order valence-corrected chi connectivity index (χ2v) is 13.5. The van der Waals surface area contributed by atoms with Crippen molar-refractivity contribution in [1.29, 1.82) is 0 Å². The Labute approximate surface area is 235 Å². The summed E-state index contributed by atoms with van der Waals surface area (Å²) in [5.41, 5.74) is 3.27. The number of benzene rings is 3. The number of fused-ring (bicyclic) bond motifs is 2. The third kappa shape index (κ3) is 6.60. The van der Waals surface area contributed by atoms with Gasteiger partial charge in [-0.1, -0.05) is 59.3 Å². The highest BCUT2D eigenvalue weighted by atomic mass is 35.5. The van der Waals surface area contributed by atoms with E-state index >= 15 is 0 Å². The van der Waals surface area contributed by atoms with Gasteiger partial charge in [0, 0.05) is 29.8 Å². The molecule has 0 bridgehead atoms. The van der Waals surface area contributed by atoms with Gasteiger partial charge in [0.25, 0.3) is 15.1 Å². The van der Waals surface area contributed by atoms with Crippen molar-refractivity contribution in [3.63, 3.8) is 0 Å². The molecular weight excluding hydrogens is 584 g/mol. The van der Waals surface area contributed by atoms with Gasteiger partial charge in [-0.25, -0.2) is 8.42 Å². The second-order valence-electron chi connectivity index (χ2n) is 8.89. The Morgan fingerprint density at radius 1 is 1.00 bits per heavy atom. The minimum Gasteiger partial charge on any atom is -0.748 e. The molecule has 5 rings (SSSR count). The number of anilines is 1. The van der Waals surface area contributed by atoms with Crippen LogP contribution in [0.3, 0.4) is 0 Å². The first-order chi connectivity index (χ1) is 18.5. The predicted octanol–water partition coefficient (Wildman–Crippen LogP) is 4.53. The molecule has 1 aromatic heterocycles. The molecule has 0 spiro atoms. The molecule has 13 heteroatoms. The number of hydrogen-bond acceptors (Lipinski definition) is 8. The van der Waals surface area contributed by atoms with E-state index in [1.165, 1.54) is 11.3 Å². The van der Waals surface area contributed by atoms with Crippen LogP contribution in [0.2, 0.25) is 5.02 Å². The average Bonchev–Trinajstić information content (AvgIpc) is 3.38. The van der Waals surface area contributed by atoms with Crippen LogP contribution < -0.4 is 14.2 Å². The Morgan fingerprint density at radius 2 is 1.77 bits per heavy atom. The van der Waals surface area contributed by atoms with Gasteiger partial charge >= 0.3 is 0 Å². The number of aryl methyl sites for hydroxylation is 1. The quantitative estimate of drug-likeness (QED) is 0.217. The smallest absolute Gasteiger partial charge is 0.268 e. The zero-order chi connectivity index (χ0) is 27.8. The number of thiazole rings is 1. The molecule has 1 aliphatic heterocycles. The van der Waals surface area contributed by atoms with Gasteiger partial charge in [-0.05, 0) is 35.4 Å². The Bertz CT molecular complexity index is 1790. The van der Waals surface area contributed by atoms with Crippen molar-refractivity contribution in [2.45, 2.75) is 13.0 Å². The molecule has 0 aliphatic carbocycles. The van der Waals surface area contributed by atoms with Crippen LogP contribution in [0.15, 0.2) is 72.6 Å². The van der Waals surface area contributed by atoms with Crippen molar-refractivity contribution in [3.8, 4) is 16.9 Å². The lowest BCUT2D eigenvalue weighted by Crippen LogP contribution is -2.36. The van der Waals surface area contributed by atoms with Gasteiger partial charge in [0.05, 0.1) is 27.6 Å². The Hall–Kier alpha value is -3.00. The van der Waals surface area contributed by atoms with Crippen molar-refractivity contribution in [1.82, 2.24) is 0 Å². The molecule has 0 saturated heterocycles. The maximum Gasteiger partial charge on any atom is 0.268 e. The highest BCUT2D eigenvalue weighted by molar-refractivity contribution is 7.86. The van der Waals surface area contributed by atoms with Crippen LogP contribution in [0.4, 0.5) is 5.69 Å². The van der Waals surface area contributed by atoms with E-state index in [2.05, 4.69) is 0 Å². The third-order valence-electron chi connectivity index (χ3n) is 6.13. The van der Waals surface area contributed by atoms with Crippen molar-refractivity contribution < 1.29 is 35.2 Å². The zero-order valence-corrected chi connectivity index (χ0v) is 23.6. The number of aromatic nitrogens is 1. The van der Waals surface area contributed by atoms with E-state index in [1.54, 1.807) is 29.2 Å². The summed E-state index contributed by atoms with van der Waals surface area (Å²) in [6.07, 6.45) is 1.83. The van der Waals surface area contributed by atoms with Crippen molar-refractivity contribution in [3.05, 3.63) is 82.6 Å². The monoisotopic (exact) mass is 606 g/mol. The van der Waals surface area contributed by atoms with Crippen molar-refractivity contribution in [2.75, 3.05) is 23.0 Å². The van der Waals surface area contributed by atoms with Crippen LogP contribution in [-0.4, -0.2) is 44.0 Å². The summed E-state index contributed by atoms with van der Waals surface area (Å²) < 4.78 is 75.2. The fraction of sp³-hybridized carbons (Fsp3) is 0.192. The van der Waals surface area contributed by atoms with Gasteiger partial charge in [0.1, 0.15) is 4.70 Å². The van der Waals surface area contributed by atoms with E-state index in [9.17, 15) is 25.9 Å². The van der Waals surface area contributed by atoms with Crippen LogP contribution in [0.5, 0.6) is 5.75 Å². The summed E-state index contributed by atoms with van der Waals surface area (Å²) in [6.45, 7) is 0.165. The number of rotatable bonds is 9. The first kappa shape index (κ1) is 27.6. The molecule has 0 atom stereocenters. The lowest BCUT2D eigenvalue weighted by Gasteiger charge is -2.17. The first-order valence-electron chi connectivity index (χ1n) is 11.8. The number of ether oxygens (including phenoxy) is 1. The molecule has 9 nitrogen and oxygen atoms in total. The fourth-order valence-electron chi connectivity index (χ4n) is 4.37. The van der Waals surface area contributed by atoms with E-state index < -0.39 is 31.7 Å². The van der Waals surface area contributed by atoms with Crippen LogP contribution >= 0.6 is 22.9 Å². The molecular formula is C26H23ClN2O7S3. The molecule has 2 heterocycles. The largest absolute Gasteiger partial charge is 0.748 e. The minimum atomic E-state index is -4.38. The first-order valence-corrected chi connectivity index (χ1v) is 16.2. The molecule has 204 valence electrons. The van der Waals surface area contributed by atoms with Gasteiger partial charge < -0.3 is 14.2 Å². The summed E-state index contributed by atoms with van der Waals surface area (Å²) in [5.74, 6) is -0.184. The Kier molecular flexibility index (Phi) is 7.68. The summed E-state index contributed by atoms with van der Waals surface area (Å²) in [5, 5.41) is 1.18. The van der Waals surface area contributed by atoms with E-state index in [0.29, 0.717) is 27.4 Å². The molecule has 0 fully saturated rings. The Balaban J connectivity index is 1.57. The van der Waals surface area contributed by atoms with Crippen LogP contribution in [0.1, 0.15) is 11.4 Å². The molecule has 0 amide bonds. The zero-order valence-electron chi connectivity index (χ0n) is 20.4. The molecule has 4 aromatic rings. The van der Waals surface area contributed by atoms with Gasteiger partial charge in [-0.3, -0.25) is 4.55 Å². The SMILES string of the molecule is O=S(=O)([O-])CCC[n+]1c(C=C2Oc3ccc(-c4ccccc4)cc3N2CCS(=O)(=O)O)sc2ccc(Cl)cc21. The maximum absolute atomic E-state index is 11.6. The summed E-state index contributed by atoms with van der Waals surface area (Å²) >= 11 is 7.63. The van der Waals surface area contributed by atoms with E-state index in [-0.39, 0.29) is 19.5 Å². The van der Waals surface area contributed by atoms with Crippen molar-refractivity contribution in [2.24, 2.45) is 0 Å². The molecule has 0 saturated carbocycles. The minimum absolute atomic E-state index is 0.0684. The van der Waals surface area contributed by atoms with Gasteiger partial charge in [0.15, 0.2) is 12.3 Å². The average molecular weight is 607 g/mol. The van der Waals surface area contributed by atoms with Crippen LogP contribution in [-0.2, 0) is 26.8 Å². The highest BCUT2D eigenvalue weighted by Crippen LogP contribution is 2.42. The molecule has 0 unspecified atom stereocenters. The molecule has 1 N–H and O–H groups in total. The predicted molar refractivity (Wildman–Crippen MR) is 150 cm³/mol. The van der Waals surface area contributed by atoms with E-state index in [4.69, 9.17) is 16.3 Å². The maximum atomic E-state index is 11.6. The highest BCUT2D eigenvalue weighted by Gasteiger charge is 2.30. The summed E-state index contributed by atoms with van der Waals surface area (Å²) in [4.78, 5) is 1.68. The van der Waals surface area contributed by atoms with E-state index in [1.807, 2.05) is 53.1 Å². The topological polar surface area (TPSA) is 128 Å². The van der Waals surface area contributed by atoms with Gasteiger partial charge in [0.2, 0.25) is 11.4 Å². The standard InChI is InChI=1S/C26H23ClN2O7S3/c27-20-8-10-24-22(16-20)29(11-4-13-38(30,31)32)26(37-24)17-25-28(12-14-39(33,34)35)21-15-19(7-9-23(21)36-25)18-5-2-1-3-6-18/h1-3,5-10,15-17H,4,11-14H2,(H-,30,31,32,33,34,35). The van der Waals surface area contributed by atoms with Crippen molar-refractivity contribution >= 4 is 65.2 Å². The van der Waals surface area contributed by atoms with Gasteiger partial charge in [-0.2, -0.15) is 13.0 Å². The molecule has 39 heavy (non-hydrogen) atoms. The summed E-state index contributed by atoms with van der Waals surface area (Å²) in [7, 11) is -8.64. The van der Waals surface area contributed by atoms with Crippen LogP contribution in [0, 0.1) is 0 Å².